The van der Waals surface area contributed by atoms with Gasteiger partial charge >= 0.3 is 0 Å². The molecule has 0 aliphatic rings. The molecular weight excluding hydrogens is 258 g/mol. The molecule has 0 saturated heterocycles. The van der Waals surface area contributed by atoms with Crippen LogP contribution in [0, 0.1) is 0 Å². The van der Waals surface area contributed by atoms with Gasteiger partial charge in [-0.3, -0.25) is 4.57 Å². The van der Waals surface area contributed by atoms with E-state index in [1.54, 1.807) is 0 Å². The van der Waals surface area contributed by atoms with Gasteiger partial charge in [0.2, 0.25) is 11.8 Å². The zero-order valence-electron chi connectivity index (χ0n) is 9.99. The molecule has 0 amide bonds. The number of aromatic nitrogens is 4. The summed E-state index contributed by atoms with van der Waals surface area (Å²) in [7, 11) is -1.61. The first-order chi connectivity index (χ1) is 8.42. The third-order valence-electron chi connectivity index (χ3n) is 2.41. The van der Waals surface area contributed by atoms with E-state index in [9.17, 15) is 8.42 Å². The van der Waals surface area contributed by atoms with Crippen molar-refractivity contribution >= 4 is 26.9 Å². The highest BCUT2D eigenvalue weighted by Crippen LogP contribution is 2.22. The van der Waals surface area contributed by atoms with Crippen LogP contribution in [0.5, 0.6) is 5.88 Å². The lowest BCUT2D eigenvalue weighted by atomic mass is 10.5. The maximum absolute atomic E-state index is 11.2. The van der Waals surface area contributed by atoms with Gasteiger partial charge in [0, 0.05) is 12.8 Å². The van der Waals surface area contributed by atoms with Crippen molar-refractivity contribution in [3.8, 4) is 5.88 Å². The van der Waals surface area contributed by atoms with Gasteiger partial charge in [-0.05, 0) is 0 Å². The van der Waals surface area contributed by atoms with Crippen molar-refractivity contribution in [1.82, 2.24) is 19.5 Å². The Morgan fingerprint density at radius 3 is 2.78 bits per heavy atom. The van der Waals surface area contributed by atoms with Crippen LogP contribution in [-0.4, -0.2) is 47.1 Å². The smallest absolute Gasteiger partial charge is 0.245 e. The minimum absolute atomic E-state index is 0.0328. The Balaban J connectivity index is 2.48. The van der Waals surface area contributed by atoms with Crippen molar-refractivity contribution in [2.24, 2.45) is 0 Å². The number of nitrogens with two attached hydrogens (primary N) is 1. The summed E-state index contributed by atoms with van der Waals surface area (Å²) in [4.78, 5) is 12.0. The van der Waals surface area contributed by atoms with Crippen LogP contribution in [-0.2, 0) is 16.4 Å². The normalized spacial score (nSPS) is 11.9. The zero-order chi connectivity index (χ0) is 13.3. The summed E-state index contributed by atoms with van der Waals surface area (Å²) >= 11 is 0. The standard InChI is InChI=1S/C9H13N5O3S/c1-17-8-6-7(11-5-12-8)14(9(10)13-6)3-4-18(2,15)16/h5H,3-4H2,1-2H3,(H2,10,13). The molecule has 0 aliphatic carbocycles. The van der Waals surface area contributed by atoms with Crippen molar-refractivity contribution in [3.05, 3.63) is 6.33 Å². The summed E-state index contributed by atoms with van der Waals surface area (Å²) in [6, 6.07) is 0. The molecule has 0 saturated carbocycles. The summed E-state index contributed by atoms with van der Waals surface area (Å²) in [5.74, 6) is 0.465. The Morgan fingerprint density at radius 2 is 2.17 bits per heavy atom. The molecule has 0 aromatic carbocycles. The monoisotopic (exact) mass is 271 g/mol. The molecule has 2 aromatic heterocycles. The largest absolute Gasteiger partial charge is 0.479 e. The number of ether oxygens (including phenoxy) is 1. The maximum atomic E-state index is 11.2. The third-order valence-corrected chi connectivity index (χ3v) is 3.33. The minimum atomic E-state index is -3.08. The Labute approximate surface area is 104 Å². The van der Waals surface area contributed by atoms with Crippen molar-refractivity contribution in [2.45, 2.75) is 6.54 Å². The van der Waals surface area contributed by atoms with Crippen LogP contribution in [0.15, 0.2) is 6.33 Å². The number of rotatable bonds is 4. The van der Waals surface area contributed by atoms with Crippen LogP contribution in [0.4, 0.5) is 5.95 Å². The Kier molecular flexibility index (Phi) is 3.07. The van der Waals surface area contributed by atoms with Crippen molar-refractivity contribution in [3.63, 3.8) is 0 Å². The SMILES string of the molecule is COc1ncnc2c1nc(N)n2CCS(C)(=O)=O. The van der Waals surface area contributed by atoms with Gasteiger partial charge in [-0.2, -0.15) is 4.98 Å². The van der Waals surface area contributed by atoms with E-state index in [0.717, 1.165) is 6.26 Å². The number of hydrogen-bond donors (Lipinski definition) is 1. The molecule has 2 aromatic rings. The second kappa shape index (κ2) is 4.41. The topological polar surface area (TPSA) is 113 Å². The highest BCUT2D eigenvalue weighted by molar-refractivity contribution is 7.90. The number of anilines is 1. The average molecular weight is 271 g/mol. The molecule has 0 aliphatic heterocycles. The summed E-state index contributed by atoms with van der Waals surface area (Å²) in [5.41, 5.74) is 6.62. The van der Waals surface area contributed by atoms with Gasteiger partial charge in [0.1, 0.15) is 16.2 Å². The summed E-state index contributed by atoms with van der Waals surface area (Å²) in [5, 5.41) is 0. The fourth-order valence-electron chi connectivity index (χ4n) is 1.56. The first-order valence-electron chi connectivity index (χ1n) is 5.11. The van der Waals surface area contributed by atoms with E-state index >= 15 is 0 Å². The summed E-state index contributed by atoms with van der Waals surface area (Å²) in [6.07, 6.45) is 2.48. The molecule has 0 spiro atoms. The molecule has 0 radical (unpaired) electrons. The number of fused-ring (bicyclic) bond motifs is 1. The van der Waals surface area contributed by atoms with Crippen LogP contribution in [0.3, 0.4) is 0 Å². The van der Waals surface area contributed by atoms with Crippen LogP contribution in [0.25, 0.3) is 11.2 Å². The number of hydrogen-bond acceptors (Lipinski definition) is 7. The molecule has 9 heteroatoms. The molecule has 2 rings (SSSR count). The Hall–Kier alpha value is -1.90. The molecular formula is C9H13N5O3S. The Bertz CT molecular complexity index is 679. The van der Waals surface area contributed by atoms with E-state index in [-0.39, 0.29) is 18.2 Å². The molecule has 0 bridgehead atoms. The number of imidazole rings is 1. The van der Waals surface area contributed by atoms with Gasteiger partial charge in [-0.1, -0.05) is 0 Å². The van der Waals surface area contributed by atoms with Crippen LogP contribution in [0.2, 0.25) is 0 Å². The van der Waals surface area contributed by atoms with Crippen LogP contribution < -0.4 is 10.5 Å². The number of aryl methyl sites for hydroxylation is 1. The quantitative estimate of drug-likeness (QED) is 0.794. The lowest BCUT2D eigenvalue weighted by Crippen LogP contribution is -2.13. The molecule has 0 atom stereocenters. The van der Waals surface area contributed by atoms with Crippen molar-refractivity contribution in [2.75, 3.05) is 24.9 Å². The van der Waals surface area contributed by atoms with Gasteiger partial charge in [-0.15, -0.1) is 0 Å². The second-order valence-electron chi connectivity index (χ2n) is 3.81. The summed E-state index contributed by atoms with van der Waals surface area (Å²) < 4.78 is 28.9. The first-order valence-corrected chi connectivity index (χ1v) is 7.17. The predicted octanol–water partition coefficient (Wildman–Crippen LogP) is -0.538. The fraction of sp³-hybridized carbons (Fsp3) is 0.444. The second-order valence-corrected chi connectivity index (χ2v) is 6.07. The summed E-state index contributed by atoms with van der Waals surface area (Å²) in [6.45, 7) is 0.196. The lowest BCUT2D eigenvalue weighted by molar-refractivity contribution is 0.401. The lowest BCUT2D eigenvalue weighted by Gasteiger charge is -2.04. The number of sulfone groups is 1. The highest BCUT2D eigenvalue weighted by atomic mass is 32.2. The molecule has 0 unspecified atom stereocenters. The van der Waals surface area contributed by atoms with E-state index in [4.69, 9.17) is 10.5 Å². The Morgan fingerprint density at radius 1 is 1.44 bits per heavy atom. The van der Waals surface area contributed by atoms with Crippen LogP contribution >= 0.6 is 0 Å². The third kappa shape index (κ3) is 2.35. The molecule has 18 heavy (non-hydrogen) atoms. The van der Waals surface area contributed by atoms with E-state index in [1.807, 2.05) is 0 Å². The molecule has 0 fully saturated rings. The van der Waals surface area contributed by atoms with Gasteiger partial charge in [0.25, 0.3) is 0 Å². The van der Waals surface area contributed by atoms with E-state index in [2.05, 4.69) is 15.0 Å². The fourth-order valence-corrected chi connectivity index (χ4v) is 2.07. The predicted molar refractivity (Wildman–Crippen MR) is 66.0 cm³/mol. The van der Waals surface area contributed by atoms with Gasteiger partial charge < -0.3 is 10.5 Å². The average Bonchev–Trinajstić information content (AvgIpc) is 2.61. The highest BCUT2D eigenvalue weighted by Gasteiger charge is 2.15. The molecule has 2 heterocycles. The minimum Gasteiger partial charge on any atom is -0.479 e. The number of nitrogen functional groups attached to an aromatic ring is 1. The number of nitrogens with zero attached hydrogens (tertiary/aromatic N) is 4. The number of methoxy groups -OCH3 is 1. The van der Waals surface area contributed by atoms with Crippen molar-refractivity contribution in [1.29, 1.82) is 0 Å². The van der Waals surface area contributed by atoms with E-state index < -0.39 is 9.84 Å². The van der Waals surface area contributed by atoms with E-state index in [1.165, 1.54) is 18.0 Å². The van der Waals surface area contributed by atoms with Crippen LogP contribution in [0.1, 0.15) is 0 Å². The molecule has 2 N–H and O–H groups in total. The maximum Gasteiger partial charge on any atom is 0.245 e. The zero-order valence-corrected chi connectivity index (χ0v) is 10.8. The van der Waals surface area contributed by atoms with Crippen molar-refractivity contribution < 1.29 is 13.2 Å². The van der Waals surface area contributed by atoms with Gasteiger partial charge in [0.05, 0.1) is 12.9 Å². The van der Waals surface area contributed by atoms with Gasteiger partial charge in [0.15, 0.2) is 11.2 Å². The molecule has 98 valence electrons. The van der Waals surface area contributed by atoms with E-state index in [0.29, 0.717) is 17.0 Å². The van der Waals surface area contributed by atoms with Gasteiger partial charge in [-0.25, -0.2) is 18.4 Å². The first kappa shape index (κ1) is 12.6. The molecule has 8 nitrogen and oxygen atoms in total.